The molecule has 94 valence electrons. The van der Waals surface area contributed by atoms with E-state index in [1.54, 1.807) is 48.5 Å². The highest BCUT2D eigenvalue weighted by molar-refractivity contribution is 6.10. The lowest BCUT2D eigenvalue weighted by Gasteiger charge is -2.04. The molecule has 5 heteroatoms. The van der Waals surface area contributed by atoms with Gasteiger partial charge in [-0.15, -0.1) is 0 Å². The van der Waals surface area contributed by atoms with Gasteiger partial charge in [0.15, 0.2) is 0 Å². The maximum absolute atomic E-state index is 12.5. The second-order valence-corrected chi connectivity index (χ2v) is 4.39. The molecule has 0 unspecified atom stereocenters. The third kappa shape index (κ3) is 1.89. The van der Waals surface area contributed by atoms with E-state index in [-0.39, 0.29) is 5.78 Å². The van der Waals surface area contributed by atoms with Gasteiger partial charge in [0.2, 0.25) is 5.78 Å². The van der Waals surface area contributed by atoms with Crippen LogP contribution in [-0.4, -0.2) is 25.5 Å². The van der Waals surface area contributed by atoms with E-state index in [0.29, 0.717) is 16.8 Å². The monoisotopic (exact) mass is 252 g/mol. The zero-order chi connectivity index (χ0) is 13.4. The Hall–Kier alpha value is -2.56. The Morgan fingerprint density at radius 3 is 2.58 bits per heavy atom. The Morgan fingerprint density at radius 1 is 1.16 bits per heavy atom. The van der Waals surface area contributed by atoms with Gasteiger partial charge in [0.05, 0.1) is 17.2 Å². The van der Waals surface area contributed by atoms with Crippen LogP contribution in [0.15, 0.2) is 36.8 Å². The molecule has 3 aromatic rings. The van der Waals surface area contributed by atoms with E-state index >= 15 is 0 Å². The predicted octanol–water partition coefficient (Wildman–Crippen LogP) is 1.90. The highest BCUT2D eigenvalue weighted by atomic mass is 16.1. The zero-order valence-electron chi connectivity index (χ0n) is 10.7. The first kappa shape index (κ1) is 11.5. The number of carbonyl (C=O) groups is 1. The van der Waals surface area contributed by atoms with Gasteiger partial charge in [-0.2, -0.15) is 5.10 Å². The topological polar surface area (TPSA) is 60.7 Å². The van der Waals surface area contributed by atoms with Crippen molar-refractivity contribution in [2.24, 2.45) is 7.05 Å². The number of hydrogen-bond donors (Lipinski definition) is 0. The van der Waals surface area contributed by atoms with Crippen molar-refractivity contribution >= 4 is 16.8 Å². The molecule has 0 aliphatic rings. The first-order chi connectivity index (χ1) is 9.16. The summed E-state index contributed by atoms with van der Waals surface area (Å²) in [6.07, 6.45) is 4.94. The van der Waals surface area contributed by atoms with Gasteiger partial charge in [0, 0.05) is 25.0 Å². The molecule has 0 aliphatic heterocycles. The maximum atomic E-state index is 12.5. The van der Waals surface area contributed by atoms with E-state index in [9.17, 15) is 4.79 Å². The fourth-order valence-electron chi connectivity index (χ4n) is 2.11. The van der Waals surface area contributed by atoms with Crippen molar-refractivity contribution in [2.75, 3.05) is 0 Å². The van der Waals surface area contributed by atoms with Crippen molar-refractivity contribution in [3.8, 4) is 0 Å². The normalized spacial score (nSPS) is 10.8. The molecular weight excluding hydrogens is 240 g/mol. The number of carbonyl (C=O) groups excluding carboxylic acids is 1. The molecule has 0 amide bonds. The number of rotatable bonds is 2. The molecule has 0 atom stereocenters. The molecule has 0 radical (unpaired) electrons. The van der Waals surface area contributed by atoms with Crippen molar-refractivity contribution in [3.05, 3.63) is 53.6 Å². The molecule has 0 bridgehead atoms. The Balaban J connectivity index is 2.12. The van der Waals surface area contributed by atoms with E-state index in [2.05, 4.69) is 15.1 Å². The second kappa shape index (κ2) is 4.28. The fourth-order valence-corrected chi connectivity index (χ4v) is 2.11. The van der Waals surface area contributed by atoms with E-state index in [1.165, 1.54) is 0 Å². The highest BCUT2D eigenvalue weighted by Gasteiger charge is 2.16. The van der Waals surface area contributed by atoms with Crippen LogP contribution >= 0.6 is 0 Å². The minimum absolute atomic E-state index is 0.0509. The van der Waals surface area contributed by atoms with Crippen LogP contribution in [0.4, 0.5) is 0 Å². The van der Waals surface area contributed by atoms with Gasteiger partial charge in [-0.1, -0.05) is 0 Å². The molecule has 0 saturated heterocycles. The molecule has 0 saturated carbocycles. The summed E-state index contributed by atoms with van der Waals surface area (Å²) in [6, 6.07) is 5.34. The van der Waals surface area contributed by atoms with Crippen LogP contribution in [0.1, 0.15) is 21.6 Å². The molecule has 0 spiro atoms. The van der Waals surface area contributed by atoms with Gasteiger partial charge < -0.3 is 0 Å². The number of aromatic nitrogens is 4. The number of benzene rings is 1. The van der Waals surface area contributed by atoms with Crippen LogP contribution in [0.25, 0.3) is 11.0 Å². The SMILES string of the molecule is Cc1cnn(C)c1C(=O)c1ccc2nccnc2c1. The number of fused-ring (bicyclic) bond motifs is 1. The maximum Gasteiger partial charge on any atom is 0.211 e. The van der Waals surface area contributed by atoms with E-state index < -0.39 is 0 Å². The van der Waals surface area contributed by atoms with Crippen molar-refractivity contribution in [3.63, 3.8) is 0 Å². The predicted molar refractivity (Wildman–Crippen MR) is 70.9 cm³/mol. The van der Waals surface area contributed by atoms with E-state index in [1.807, 2.05) is 6.92 Å². The Kier molecular flexibility index (Phi) is 2.59. The van der Waals surface area contributed by atoms with Crippen LogP contribution in [0.3, 0.4) is 0 Å². The van der Waals surface area contributed by atoms with Crippen LogP contribution in [0.2, 0.25) is 0 Å². The number of aryl methyl sites for hydroxylation is 2. The zero-order valence-corrected chi connectivity index (χ0v) is 10.7. The Labute approximate surface area is 109 Å². The molecule has 5 nitrogen and oxygen atoms in total. The number of ketones is 1. The van der Waals surface area contributed by atoms with Gasteiger partial charge in [-0.3, -0.25) is 19.4 Å². The summed E-state index contributed by atoms with van der Waals surface area (Å²) in [5.41, 5.74) is 3.56. The van der Waals surface area contributed by atoms with Crippen LogP contribution in [0.5, 0.6) is 0 Å². The summed E-state index contributed by atoms with van der Waals surface area (Å²) in [5.74, 6) is -0.0509. The molecule has 2 aromatic heterocycles. The average Bonchev–Trinajstić information content (AvgIpc) is 2.77. The lowest BCUT2D eigenvalue weighted by molar-refractivity contribution is 0.103. The van der Waals surface area contributed by atoms with E-state index in [0.717, 1.165) is 11.1 Å². The van der Waals surface area contributed by atoms with Crippen molar-refractivity contribution < 1.29 is 4.79 Å². The number of hydrogen-bond acceptors (Lipinski definition) is 4. The van der Waals surface area contributed by atoms with Crippen molar-refractivity contribution in [1.82, 2.24) is 19.7 Å². The van der Waals surface area contributed by atoms with Gasteiger partial charge >= 0.3 is 0 Å². The molecule has 2 heterocycles. The quantitative estimate of drug-likeness (QED) is 0.653. The molecule has 19 heavy (non-hydrogen) atoms. The van der Waals surface area contributed by atoms with Gasteiger partial charge in [0.25, 0.3) is 0 Å². The first-order valence-corrected chi connectivity index (χ1v) is 5.91. The fraction of sp³-hybridized carbons (Fsp3) is 0.143. The Bertz CT molecular complexity index is 756. The highest BCUT2D eigenvalue weighted by Crippen LogP contribution is 2.16. The molecule has 3 rings (SSSR count). The molecule has 0 N–H and O–H groups in total. The van der Waals surface area contributed by atoms with Crippen LogP contribution in [0, 0.1) is 6.92 Å². The molecule has 0 aliphatic carbocycles. The van der Waals surface area contributed by atoms with Gasteiger partial charge in [-0.25, -0.2) is 0 Å². The summed E-state index contributed by atoms with van der Waals surface area (Å²) in [5, 5.41) is 4.09. The van der Waals surface area contributed by atoms with Crippen molar-refractivity contribution in [1.29, 1.82) is 0 Å². The standard InChI is InChI=1S/C14H12N4O/c1-9-8-17-18(2)13(9)14(19)10-3-4-11-12(7-10)16-6-5-15-11/h3-8H,1-2H3. The molecular formula is C14H12N4O. The summed E-state index contributed by atoms with van der Waals surface area (Å²) in [6.45, 7) is 1.88. The average molecular weight is 252 g/mol. The summed E-state index contributed by atoms with van der Waals surface area (Å²) < 4.78 is 1.60. The third-order valence-corrected chi connectivity index (χ3v) is 3.07. The summed E-state index contributed by atoms with van der Waals surface area (Å²) >= 11 is 0. The third-order valence-electron chi connectivity index (χ3n) is 3.07. The molecule has 1 aromatic carbocycles. The van der Waals surface area contributed by atoms with Crippen molar-refractivity contribution in [2.45, 2.75) is 6.92 Å². The lowest BCUT2D eigenvalue weighted by atomic mass is 10.1. The first-order valence-electron chi connectivity index (χ1n) is 5.91. The minimum Gasteiger partial charge on any atom is -0.287 e. The smallest absolute Gasteiger partial charge is 0.211 e. The van der Waals surface area contributed by atoms with Crippen LogP contribution < -0.4 is 0 Å². The lowest BCUT2D eigenvalue weighted by Crippen LogP contribution is -2.09. The summed E-state index contributed by atoms with van der Waals surface area (Å²) in [7, 11) is 1.76. The largest absolute Gasteiger partial charge is 0.287 e. The van der Waals surface area contributed by atoms with Crippen LogP contribution in [-0.2, 0) is 7.05 Å². The van der Waals surface area contributed by atoms with Gasteiger partial charge in [-0.05, 0) is 30.7 Å². The minimum atomic E-state index is -0.0509. The second-order valence-electron chi connectivity index (χ2n) is 4.39. The van der Waals surface area contributed by atoms with Gasteiger partial charge in [0.1, 0.15) is 5.69 Å². The number of nitrogens with zero attached hydrogens (tertiary/aromatic N) is 4. The summed E-state index contributed by atoms with van der Waals surface area (Å²) in [4.78, 5) is 20.9. The Morgan fingerprint density at radius 2 is 1.89 bits per heavy atom. The van der Waals surface area contributed by atoms with E-state index in [4.69, 9.17) is 0 Å². The molecule has 0 fully saturated rings.